The molecule has 0 fully saturated rings. The van der Waals surface area contributed by atoms with E-state index in [1.807, 2.05) is 0 Å². The van der Waals surface area contributed by atoms with Crippen LogP contribution in [0.25, 0.3) is 10.9 Å². The Morgan fingerprint density at radius 1 is 1.44 bits per heavy atom. The zero-order valence-electron chi connectivity index (χ0n) is 8.48. The number of ether oxygens (including phenoxy) is 1. The molecule has 2 N–H and O–H groups in total. The lowest BCUT2D eigenvalue weighted by Gasteiger charge is -2.01. The van der Waals surface area contributed by atoms with Crippen molar-refractivity contribution in [3.8, 4) is 5.75 Å². The number of carbonyl (C=O) groups excluding carboxylic acids is 1. The summed E-state index contributed by atoms with van der Waals surface area (Å²) in [7, 11) is 1.21. The van der Waals surface area contributed by atoms with Crippen molar-refractivity contribution in [2.45, 2.75) is 0 Å². The first-order valence-electron chi connectivity index (χ1n) is 4.56. The summed E-state index contributed by atoms with van der Waals surface area (Å²) in [4.78, 5) is 25.8. The van der Waals surface area contributed by atoms with Gasteiger partial charge in [0.15, 0.2) is 0 Å². The Hall–Kier alpha value is -2.30. The molecule has 0 aliphatic carbocycles. The Morgan fingerprint density at radius 2 is 2.19 bits per heavy atom. The highest BCUT2D eigenvalue weighted by Gasteiger charge is 2.12. The minimum absolute atomic E-state index is 0.0500. The molecule has 82 valence electrons. The number of nitrogens with one attached hydrogen (secondary N) is 1. The minimum atomic E-state index is -0.684. The molecule has 0 unspecified atom stereocenters. The molecule has 5 nitrogen and oxygen atoms in total. The summed E-state index contributed by atoms with van der Waals surface area (Å²) in [6.07, 6.45) is 1.27. The number of pyridine rings is 1. The second kappa shape index (κ2) is 3.69. The van der Waals surface area contributed by atoms with Crippen LogP contribution in [-0.4, -0.2) is 23.2 Å². The highest BCUT2D eigenvalue weighted by molar-refractivity contribution is 5.93. The molecule has 0 atom stereocenters. The largest absolute Gasteiger partial charge is 0.508 e. The van der Waals surface area contributed by atoms with E-state index in [9.17, 15) is 14.7 Å². The smallest absolute Gasteiger partial charge is 0.343 e. The lowest BCUT2D eigenvalue weighted by atomic mass is 10.1. The summed E-state index contributed by atoms with van der Waals surface area (Å²) in [5, 5.41) is 9.57. The second-order valence-corrected chi connectivity index (χ2v) is 3.25. The van der Waals surface area contributed by atoms with Crippen LogP contribution in [0.5, 0.6) is 5.75 Å². The number of methoxy groups -OCH3 is 1. The van der Waals surface area contributed by atoms with Crippen LogP contribution in [0.1, 0.15) is 10.4 Å². The summed E-state index contributed by atoms with van der Waals surface area (Å²) < 4.78 is 4.48. The Balaban J connectivity index is 2.76. The van der Waals surface area contributed by atoms with Crippen LogP contribution in [0.2, 0.25) is 0 Å². The third-order valence-electron chi connectivity index (χ3n) is 2.27. The Morgan fingerprint density at radius 3 is 2.88 bits per heavy atom. The molecule has 0 saturated carbocycles. The molecular formula is C11H9NO4. The molecule has 1 heterocycles. The standard InChI is InChI=1S/C11H9NO4/c1-16-11(15)8-5-12-9-4-6(13)2-3-7(9)10(8)14/h2-5,13H,1H3,(H,12,14). The second-order valence-electron chi connectivity index (χ2n) is 3.25. The number of fused-ring (bicyclic) bond motifs is 1. The predicted octanol–water partition coefficient (Wildman–Crippen LogP) is 1.02. The van der Waals surface area contributed by atoms with Crippen LogP contribution in [0.3, 0.4) is 0 Å². The third kappa shape index (κ3) is 1.52. The normalized spacial score (nSPS) is 10.3. The van der Waals surface area contributed by atoms with Crippen molar-refractivity contribution in [1.29, 1.82) is 0 Å². The Bertz CT molecular complexity index is 615. The van der Waals surface area contributed by atoms with E-state index >= 15 is 0 Å². The number of benzene rings is 1. The summed E-state index contributed by atoms with van der Waals surface area (Å²) in [5.41, 5.74) is -0.000979. The lowest BCUT2D eigenvalue weighted by molar-refractivity contribution is 0.0599. The number of H-pyrrole nitrogens is 1. The monoisotopic (exact) mass is 219 g/mol. The van der Waals surface area contributed by atoms with Gasteiger partial charge in [-0.15, -0.1) is 0 Å². The van der Waals surface area contributed by atoms with Crippen LogP contribution in [0.4, 0.5) is 0 Å². The van der Waals surface area contributed by atoms with E-state index in [4.69, 9.17) is 0 Å². The van der Waals surface area contributed by atoms with Crippen LogP contribution in [0.15, 0.2) is 29.2 Å². The first-order valence-corrected chi connectivity index (χ1v) is 4.56. The van der Waals surface area contributed by atoms with E-state index in [1.165, 1.54) is 31.5 Å². The average molecular weight is 219 g/mol. The van der Waals surface area contributed by atoms with Gasteiger partial charge in [0.2, 0.25) is 5.43 Å². The zero-order valence-corrected chi connectivity index (χ0v) is 8.48. The van der Waals surface area contributed by atoms with Gasteiger partial charge in [-0.3, -0.25) is 4.79 Å². The molecule has 2 rings (SSSR count). The van der Waals surface area contributed by atoms with Gasteiger partial charge in [0.25, 0.3) is 0 Å². The number of esters is 1. The summed E-state index contributed by atoms with van der Waals surface area (Å²) in [6, 6.07) is 4.26. The van der Waals surface area contributed by atoms with Gasteiger partial charge in [-0.25, -0.2) is 4.79 Å². The van der Waals surface area contributed by atoms with Crippen molar-refractivity contribution in [3.63, 3.8) is 0 Å². The zero-order chi connectivity index (χ0) is 11.7. The number of aromatic nitrogens is 1. The molecule has 1 aromatic carbocycles. The lowest BCUT2D eigenvalue weighted by Crippen LogP contribution is -2.16. The van der Waals surface area contributed by atoms with Gasteiger partial charge < -0.3 is 14.8 Å². The van der Waals surface area contributed by atoms with Gasteiger partial charge in [-0.05, 0) is 12.1 Å². The highest BCUT2D eigenvalue weighted by Crippen LogP contribution is 2.15. The van der Waals surface area contributed by atoms with Crippen molar-refractivity contribution in [3.05, 3.63) is 40.2 Å². The van der Waals surface area contributed by atoms with Crippen molar-refractivity contribution in [1.82, 2.24) is 4.98 Å². The molecule has 0 spiro atoms. The van der Waals surface area contributed by atoms with Crippen LogP contribution >= 0.6 is 0 Å². The Labute approximate surface area is 90.3 Å². The predicted molar refractivity (Wildman–Crippen MR) is 57.6 cm³/mol. The number of phenolic OH excluding ortho intramolecular Hbond substituents is 1. The van der Waals surface area contributed by atoms with Gasteiger partial charge in [0.1, 0.15) is 11.3 Å². The molecule has 0 bridgehead atoms. The fourth-order valence-corrected chi connectivity index (χ4v) is 1.47. The summed E-state index contributed by atoms with van der Waals surface area (Å²) in [5.74, 6) is -0.634. The van der Waals surface area contributed by atoms with E-state index < -0.39 is 11.4 Å². The van der Waals surface area contributed by atoms with E-state index in [1.54, 1.807) is 0 Å². The van der Waals surface area contributed by atoms with Crippen molar-refractivity contribution in [2.75, 3.05) is 7.11 Å². The van der Waals surface area contributed by atoms with E-state index in [-0.39, 0.29) is 11.3 Å². The number of hydrogen-bond donors (Lipinski definition) is 2. The minimum Gasteiger partial charge on any atom is -0.508 e. The van der Waals surface area contributed by atoms with Gasteiger partial charge in [0, 0.05) is 17.6 Å². The molecule has 2 aromatic rings. The molecule has 0 aliphatic heterocycles. The molecule has 0 amide bonds. The first-order chi connectivity index (χ1) is 7.63. The van der Waals surface area contributed by atoms with Crippen molar-refractivity contribution < 1.29 is 14.6 Å². The molecule has 0 radical (unpaired) electrons. The molecule has 5 heteroatoms. The van der Waals surface area contributed by atoms with Crippen molar-refractivity contribution in [2.24, 2.45) is 0 Å². The number of carbonyl (C=O) groups is 1. The maximum absolute atomic E-state index is 11.8. The fraction of sp³-hybridized carbons (Fsp3) is 0.0909. The number of rotatable bonds is 1. The molecule has 16 heavy (non-hydrogen) atoms. The number of phenols is 1. The SMILES string of the molecule is COC(=O)c1c[nH]c2cc(O)ccc2c1=O. The summed E-state index contributed by atoms with van der Waals surface area (Å²) in [6.45, 7) is 0. The topological polar surface area (TPSA) is 79.4 Å². The maximum Gasteiger partial charge on any atom is 0.343 e. The first kappa shape index (κ1) is 10.2. The average Bonchev–Trinajstić information content (AvgIpc) is 2.28. The molecule has 0 aliphatic rings. The van der Waals surface area contributed by atoms with Crippen LogP contribution < -0.4 is 5.43 Å². The van der Waals surface area contributed by atoms with E-state index in [2.05, 4.69) is 9.72 Å². The van der Waals surface area contributed by atoms with Gasteiger partial charge >= 0.3 is 5.97 Å². The molecular weight excluding hydrogens is 210 g/mol. The van der Waals surface area contributed by atoms with Gasteiger partial charge in [0.05, 0.1) is 12.6 Å². The quantitative estimate of drug-likeness (QED) is 0.702. The van der Waals surface area contributed by atoms with Crippen LogP contribution in [0, 0.1) is 0 Å². The van der Waals surface area contributed by atoms with E-state index in [0.29, 0.717) is 10.9 Å². The Kier molecular flexibility index (Phi) is 2.36. The third-order valence-corrected chi connectivity index (χ3v) is 2.27. The number of aromatic amines is 1. The maximum atomic E-state index is 11.8. The van der Waals surface area contributed by atoms with Crippen LogP contribution in [-0.2, 0) is 4.74 Å². The van der Waals surface area contributed by atoms with Gasteiger partial charge in [-0.2, -0.15) is 0 Å². The van der Waals surface area contributed by atoms with Gasteiger partial charge in [-0.1, -0.05) is 0 Å². The number of hydrogen-bond acceptors (Lipinski definition) is 4. The van der Waals surface area contributed by atoms with E-state index in [0.717, 1.165) is 0 Å². The molecule has 1 aromatic heterocycles. The summed E-state index contributed by atoms with van der Waals surface area (Å²) >= 11 is 0. The highest BCUT2D eigenvalue weighted by atomic mass is 16.5. The molecule has 0 saturated heterocycles. The fourth-order valence-electron chi connectivity index (χ4n) is 1.47. The number of aromatic hydroxyl groups is 1. The van der Waals surface area contributed by atoms with Crippen molar-refractivity contribution >= 4 is 16.9 Å².